The lowest BCUT2D eigenvalue weighted by Crippen LogP contribution is -2.50. The normalized spacial score (nSPS) is 27.7. The summed E-state index contributed by atoms with van der Waals surface area (Å²) in [6.07, 6.45) is -0.507. The van der Waals surface area contributed by atoms with Gasteiger partial charge in [0.15, 0.2) is 0 Å². The summed E-state index contributed by atoms with van der Waals surface area (Å²) in [6, 6.07) is -0.412. The molecule has 1 aliphatic rings. The Bertz CT molecular complexity index is 223. The van der Waals surface area contributed by atoms with Gasteiger partial charge in [-0.3, -0.25) is 10.1 Å². The van der Waals surface area contributed by atoms with E-state index < -0.39 is 6.10 Å². The number of amides is 1. The first kappa shape index (κ1) is 12.4. The smallest absolute Gasteiger partial charge is 0.239 e. The SMILES string of the molecule is CCN(C)C(=O)C(C)NC1COCC1O. The van der Waals surface area contributed by atoms with Crippen molar-refractivity contribution in [3.8, 4) is 0 Å². The number of aliphatic hydroxyl groups excluding tert-OH is 1. The molecule has 5 heteroatoms. The second-order valence-electron chi connectivity index (χ2n) is 3.95. The fourth-order valence-electron chi connectivity index (χ4n) is 1.58. The molecule has 0 radical (unpaired) electrons. The zero-order valence-corrected chi connectivity index (χ0v) is 9.56. The third-order valence-electron chi connectivity index (χ3n) is 2.74. The van der Waals surface area contributed by atoms with Gasteiger partial charge in [0.1, 0.15) is 0 Å². The number of ether oxygens (including phenoxy) is 1. The number of hydrogen-bond donors (Lipinski definition) is 2. The summed E-state index contributed by atoms with van der Waals surface area (Å²) in [5.74, 6) is 0.0385. The van der Waals surface area contributed by atoms with Crippen molar-refractivity contribution in [3.05, 3.63) is 0 Å². The van der Waals surface area contributed by atoms with Crippen LogP contribution in [-0.4, -0.2) is 60.9 Å². The molecule has 0 spiro atoms. The topological polar surface area (TPSA) is 61.8 Å². The number of hydrogen-bond acceptors (Lipinski definition) is 4. The summed E-state index contributed by atoms with van der Waals surface area (Å²) in [5, 5.41) is 12.6. The Labute approximate surface area is 90.4 Å². The van der Waals surface area contributed by atoms with Crippen LogP contribution in [0.4, 0.5) is 0 Å². The summed E-state index contributed by atoms with van der Waals surface area (Å²) in [4.78, 5) is 13.4. The number of nitrogens with one attached hydrogen (secondary N) is 1. The van der Waals surface area contributed by atoms with E-state index in [1.807, 2.05) is 6.92 Å². The van der Waals surface area contributed by atoms with Crippen molar-refractivity contribution in [3.63, 3.8) is 0 Å². The van der Waals surface area contributed by atoms with Crippen molar-refractivity contribution in [2.24, 2.45) is 0 Å². The van der Waals surface area contributed by atoms with Gasteiger partial charge in [-0.25, -0.2) is 0 Å². The molecular weight excluding hydrogens is 196 g/mol. The summed E-state index contributed by atoms with van der Waals surface area (Å²) < 4.78 is 5.10. The Morgan fingerprint density at radius 2 is 2.33 bits per heavy atom. The molecule has 1 rings (SSSR count). The van der Waals surface area contributed by atoms with Gasteiger partial charge in [0, 0.05) is 13.6 Å². The average molecular weight is 216 g/mol. The standard InChI is InChI=1S/C10H20N2O3/c1-4-12(3)10(14)7(2)11-8-5-15-6-9(8)13/h7-9,11,13H,4-6H2,1-3H3. The van der Waals surface area contributed by atoms with Crippen LogP contribution >= 0.6 is 0 Å². The molecule has 1 saturated heterocycles. The highest BCUT2D eigenvalue weighted by molar-refractivity contribution is 5.81. The number of likely N-dealkylation sites (N-methyl/N-ethyl adjacent to an activating group) is 1. The second kappa shape index (κ2) is 5.44. The Morgan fingerprint density at radius 3 is 2.80 bits per heavy atom. The van der Waals surface area contributed by atoms with Crippen LogP contribution in [0.15, 0.2) is 0 Å². The van der Waals surface area contributed by atoms with E-state index in [0.29, 0.717) is 19.8 Å². The van der Waals surface area contributed by atoms with Crippen LogP contribution in [0.3, 0.4) is 0 Å². The quantitative estimate of drug-likeness (QED) is 0.646. The first-order valence-corrected chi connectivity index (χ1v) is 5.33. The summed E-state index contributed by atoms with van der Waals surface area (Å²) in [5.41, 5.74) is 0. The number of rotatable bonds is 4. The number of nitrogens with zero attached hydrogens (tertiary/aromatic N) is 1. The minimum Gasteiger partial charge on any atom is -0.389 e. The van der Waals surface area contributed by atoms with Crippen molar-refractivity contribution >= 4 is 5.91 Å². The van der Waals surface area contributed by atoms with Crippen LogP contribution in [0.25, 0.3) is 0 Å². The Hall–Kier alpha value is -0.650. The van der Waals surface area contributed by atoms with Gasteiger partial charge in [-0.05, 0) is 13.8 Å². The van der Waals surface area contributed by atoms with Crippen LogP contribution in [0.5, 0.6) is 0 Å². The fraction of sp³-hybridized carbons (Fsp3) is 0.900. The summed E-state index contributed by atoms with van der Waals surface area (Å²) in [6.45, 7) is 5.24. The lowest BCUT2D eigenvalue weighted by atomic mass is 10.2. The zero-order chi connectivity index (χ0) is 11.4. The molecule has 0 saturated carbocycles. The second-order valence-corrected chi connectivity index (χ2v) is 3.95. The molecule has 0 aromatic rings. The van der Waals surface area contributed by atoms with E-state index in [4.69, 9.17) is 4.74 Å². The Balaban J connectivity index is 2.40. The van der Waals surface area contributed by atoms with Crippen molar-refractivity contribution in [2.45, 2.75) is 32.0 Å². The maximum Gasteiger partial charge on any atom is 0.239 e. The molecule has 0 aromatic heterocycles. The van der Waals surface area contributed by atoms with E-state index in [1.54, 1.807) is 18.9 Å². The molecular formula is C10H20N2O3. The molecule has 88 valence electrons. The van der Waals surface area contributed by atoms with Crippen molar-refractivity contribution in [1.29, 1.82) is 0 Å². The maximum atomic E-state index is 11.7. The van der Waals surface area contributed by atoms with Crippen molar-refractivity contribution in [2.75, 3.05) is 26.8 Å². The molecule has 1 fully saturated rings. The first-order chi connectivity index (χ1) is 7.06. The lowest BCUT2D eigenvalue weighted by Gasteiger charge is -2.24. The number of carbonyl (C=O) groups is 1. The van der Waals surface area contributed by atoms with Crippen LogP contribution in [0.1, 0.15) is 13.8 Å². The number of carbonyl (C=O) groups excluding carboxylic acids is 1. The van der Waals surface area contributed by atoms with Gasteiger partial charge in [-0.1, -0.05) is 0 Å². The molecule has 3 atom stereocenters. The van der Waals surface area contributed by atoms with E-state index in [9.17, 15) is 9.90 Å². The van der Waals surface area contributed by atoms with Gasteiger partial charge in [0.25, 0.3) is 0 Å². The Morgan fingerprint density at radius 1 is 1.67 bits per heavy atom. The third kappa shape index (κ3) is 3.15. The molecule has 1 aliphatic heterocycles. The zero-order valence-electron chi connectivity index (χ0n) is 9.56. The van der Waals surface area contributed by atoms with Gasteiger partial charge >= 0.3 is 0 Å². The van der Waals surface area contributed by atoms with Crippen LogP contribution in [-0.2, 0) is 9.53 Å². The van der Waals surface area contributed by atoms with Crippen molar-refractivity contribution < 1.29 is 14.6 Å². The fourth-order valence-corrected chi connectivity index (χ4v) is 1.58. The minimum atomic E-state index is -0.507. The maximum absolute atomic E-state index is 11.7. The van der Waals surface area contributed by atoms with Gasteiger partial charge in [0.05, 0.1) is 31.4 Å². The monoisotopic (exact) mass is 216 g/mol. The van der Waals surface area contributed by atoms with Crippen LogP contribution < -0.4 is 5.32 Å². The third-order valence-corrected chi connectivity index (χ3v) is 2.74. The molecule has 15 heavy (non-hydrogen) atoms. The van der Waals surface area contributed by atoms with E-state index in [0.717, 1.165) is 0 Å². The van der Waals surface area contributed by atoms with Gasteiger partial charge in [-0.15, -0.1) is 0 Å². The van der Waals surface area contributed by atoms with Gasteiger partial charge in [-0.2, -0.15) is 0 Å². The van der Waals surface area contributed by atoms with Crippen LogP contribution in [0, 0.1) is 0 Å². The predicted molar refractivity (Wildman–Crippen MR) is 56.5 cm³/mol. The molecule has 1 heterocycles. The average Bonchev–Trinajstić information content (AvgIpc) is 2.62. The predicted octanol–water partition coefficient (Wildman–Crippen LogP) is -0.797. The first-order valence-electron chi connectivity index (χ1n) is 5.33. The highest BCUT2D eigenvalue weighted by Crippen LogP contribution is 2.06. The van der Waals surface area contributed by atoms with Crippen LogP contribution in [0.2, 0.25) is 0 Å². The summed E-state index contributed by atoms with van der Waals surface area (Å²) in [7, 11) is 1.77. The molecule has 0 bridgehead atoms. The lowest BCUT2D eigenvalue weighted by molar-refractivity contribution is -0.131. The molecule has 0 aromatic carbocycles. The van der Waals surface area contributed by atoms with E-state index >= 15 is 0 Å². The highest BCUT2D eigenvalue weighted by Gasteiger charge is 2.29. The highest BCUT2D eigenvalue weighted by atomic mass is 16.5. The molecule has 3 unspecified atom stereocenters. The van der Waals surface area contributed by atoms with Gasteiger partial charge < -0.3 is 14.7 Å². The van der Waals surface area contributed by atoms with E-state index in [-0.39, 0.29) is 18.0 Å². The van der Waals surface area contributed by atoms with Gasteiger partial charge in [0.2, 0.25) is 5.91 Å². The molecule has 0 aliphatic carbocycles. The molecule has 1 amide bonds. The Kier molecular flexibility index (Phi) is 4.50. The molecule has 5 nitrogen and oxygen atoms in total. The minimum absolute atomic E-state index is 0.0385. The summed E-state index contributed by atoms with van der Waals surface area (Å²) >= 11 is 0. The number of aliphatic hydroxyl groups is 1. The van der Waals surface area contributed by atoms with E-state index in [1.165, 1.54) is 0 Å². The largest absolute Gasteiger partial charge is 0.389 e. The van der Waals surface area contributed by atoms with Crippen molar-refractivity contribution in [1.82, 2.24) is 10.2 Å². The molecule has 2 N–H and O–H groups in total. The van der Waals surface area contributed by atoms with E-state index in [2.05, 4.69) is 5.32 Å².